The molecule has 1 saturated carbocycles. The first-order chi connectivity index (χ1) is 12.6. The van der Waals surface area contributed by atoms with Gasteiger partial charge in [-0.2, -0.15) is 0 Å². The smallest absolute Gasteiger partial charge is 0.254 e. The molecule has 4 heteroatoms. The average Bonchev–Trinajstić information content (AvgIpc) is 3.42. The quantitative estimate of drug-likeness (QED) is 0.900. The summed E-state index contributed by atoms with van der Waals surface area (Å²) in [5.74, 6) is 0.757. The van der Waals surface area contributed by atoms with E-state index in [-0.39, 0.29) is 5.91 Å². The Kier molecular flexibility index (Phi) is 3.78. The Hall–Kier alpha value is -1.94. The van der Waals surface area contributed by atoms with Gasteiger partial charge in [0.15, 0.2) is 0 Å². The summed E-state index contributed by atoms with van der Waals surface area (Å²) in [7, 11) is 0. The van der Waals surface area contributed by atoms with Crippen LogP contribution in [-0.4, -0.2) is 42.0 Å². The van der Waals surface area contributed by atoms with Crippen molar-refractivity contribution in [2.24, 2.45) is 5.41 Å². The van der Waals surface area contributed by atoms with E-state index in [2.05, 4.69) is 41.4 Å². The highest BCUT2D eigenvalue weighted by Crippen LogP contribution is 2.41. The van der Waals surface area contributed by atoms with Crippen molar-refractivity contribution in [1.29, 1.82) is 0 Å². The molecule has 4 nitrogen and oxygen atoms in total. The summed E-state index contributed by atoms with van der Waals surface area (Å²) in [6.07, 6.45) is 5.93. The van der Waals surface area contributed by atoms with Crippen LogP contribution < -0.4 is 5.32 Å². The van der Waals surface area contributed by atoms with Gasteiger partial charge >= 0.3 is 0 Å². The molecule has 5 rings (SSSR count). The maximum absolute atomic E-state index is 13.4. The predicted octanol–water partition coefficient (Wildman–Crippen LogP) is 3.64. The zero-order chi connectivity index (χ0) is 17.7. The third-order valence-electron chi connectivity index (χ3n) is 6.65. The highest BCUT2D eigenvalue weighted by molar-refractivity contribution is 6.06. The summed E-state index contributed by atoms with van der Waals surface area (Å²) < 4.78 is 0. The van der Waals surface area contributed by atoms with Gasteiger partial charge in [-0.1, -0.05) is 11.6 Å². The fourth-order valence-electron chi connectivity index (χ4n) is 4.70. The summed E-state index contributed by atoms with van der Waals surface area (Å²) in [6, 6.07) is 8.38. The maximum atomic E-state index is 13.4. The molecule has 2 saturated heterocycles. The summed E-state index contributed by atoms with van der Waals surface area (Å²) in [5.41, 5.74) is 4.56. The number of aromatic nitrogens is 1. The van der Waals surface area contributed by atoms with Crippen molar-refractivity contribution in [2.75, 3.05) is 26.2 Å². The molecule has 2 aromatic rings. The number of benzene rings is 1. The lowest BCUT2D eigenvalue weighted by Gasteiger charge is -2.39. The summed E-state index contributed by atoms with van der Waals surface area (Å²) >= 11 is 0. The molecule has 3 heterocycles. The Bertz CT molecular complexity index is 855. The monoisotopic (exact) mass is 349 g/mol. The largest absolute Gasteiger partial charge is 0.339 e. The first-order valence-corrected chi connectivity index (χ1v) is 10.0. The minimum atomic E-state index is 0.200. The van der Waals surface area contributed by atoms with Crippen LogP contribution in [0.3, 0.4) is 0 Å². The first-order valence-electron chi connectivity index (χ1n) is 10.0. The highest BCUT2D eigenvalue weighted by atomic mass is 16.2. The Balaban J connectivity index is 1.47. The standard InChI is InChI=1S/C22H27N3O/c1-15-2-5-19-17(12-15)18(13-20(24-19)16-3-4-16)21(26)25-10-7-22(8-11-25)6-9-23-14-22/h2,5,12-13,16,23H,3-4,6-11,14H2,1H3. The van der Waals surface area contributed by atoms with Crippen molar-refractivity contribution in [1.82, 2.24) is 15.2 Å². The number of rotatable bonds is 2. The van der Waals surface area contributed by atoms with Crippen molar-refractivity contribution in [3.05, 3.63) is 41.1 Å². The molecule has 1 aromatic carbocycles. The summed E-state index contributed by atoms with van der Waals surface area (Å²) in [5, 5.41) is 4.52. The molecule has 136 valence electrons. The first kappa shape index (κ1) is 16.2. The number of piperidine rings is 1. The second kappa shape index (κ2) is 6.05. The molecular formula is C22H27N3O. The number of hydrogen-bond donors (Lipinski definition) is 1. The van der Waals surface area contributed by atoms with Gasteiger partial charge in [0.25, 0.3) is 5.91 Å². The van der Waals surface area contributed by atoms with Gasteiger partial charge < -0.3 is 10.2 Å². The molecule has 1 aromatic heterocycles. The maximum Gasteiger partial charge on any atom is 0.254 e. The fourth-order valence-corrected chi connectivity index (χ4v) is 4.70. The predicted molar refractivity (Wildman–Crippen MR) is 104 cm³/mol. The number of pyridine rings is 1. The van der Waals surface area contributed by atoms with Crippen molar-refractivity contribution in [3.8, 4) is 0 Å². The van der Waals surface area contributed by atoms with Gasteiger partial charge in [0.1, 0.15) is 0 Å². The lowest BCUT2D eigenvalue weighted by molar-refractivity contribution is 0.0609. The molecule has 3 aliphatic rings. The molecule has 1 aliphatic carbocycles. The van der Waals surface area contributed by atoms with Crippen molar-refractivity contribution < 1.29 is 4.79 Å². The second-order valence-corrected chi connectivity index (χ2v) is 8.61. The molecule has 26 heavy (non-hydrogen) atoms. The zero-order valence-corrected chi connectivity index (χ0v) is 15.6. The van der Waals surface area contributed by atoms with Crippen LogP contribution in [0.15, 0.2) is 24.3 Å². The number of nitrogens with zero attached hydrogens (tertiary/aromatic N) is 2. The lowest BCUT2D eigenvalue weighted by atomic mass is 9.77. The van der Waals surface area contributed by atoms with E-state index in [0.717, 1.165) is 61.2 Å². The molecule has 0 unspecified atom stereocenters. The number of amides is 1. The Morgan fingerprint density at radius 1 is 1.19 bits per heavy atom. The molecule has 0 bridgehead atoms. The van der Waals surface area contributed by atoms with E-state index < -0.39 is 0 Å². The number of carbonyl (C=O) groups is 1. The number of likely N-dealkylation sites (tertiary alicyclic amines) is 1. The van der Waals surface area contributed by atoms with Crippen LogP contribution >= 0.6 is 0 Å². The zero-order valence-electron chi connectivity index (χ0n) is 15.6. The Morgan fingerprint density at radius 2 is 2.00 bits per heavy atom. The number of nitrogens with one attached hydrogen (secondary N) is 1. The SMILES string of the molecule is Cc1ccc2nc(C3CC3)cc(C(=O)N3CCC4(CCNC4)CC3)c2c1. The number of aryl methyl sites for hydroxylation is 1. The molecule has 1 spiro atoms. The van der Waals surface area contributed by atoms with Crippen LogP contribution in [0.25, 0.3) is 10.9 Å². The minimum absolute atomic E-state index is 0.200. The summed E-state index contributed by atoms with van der Waals surface area (Å²) in [4.78, 5) is 20.3. The Labute approximate surface area is 155 Å². The van der Waals surface area contributed by atoms with Gasteiger partial charge in [0.2, 0.25) is 0 Å². The van der Waals surface area contributed by atoms with Crippen molar-refractivity contribution in [2.45, 2.75) is 44.9 Å². The van der Waals surface area contributed by atoms with Crippen LogP contribution in [0, 0.1) is 12.3 Å². The number of hydrogen-bond acceptors (Lipinski definition) is 3. The molecule has 1 N–H and O–H groups in total. The fraction of sp³-hybridized carbons (Fsp3) is 0.545. The highest BCUT2D eigenvalue weighted by Gasteiger charge is 2.38. The molecule has 0 atom stereocenters. The normalized spacial score (nSPS) is 22.3. The van der Waals surface area contributed by atoms with Crippen LogP contribution in [0.4, 0.5) is 0 Å². The minimum Gasteiger partial charge on any atom is -0.339 e. The van der Waals surface area contributed by atoms with Gasteiger partial charge in [-0.15, -0.1) is 0 Å². The van der Waals surface area contributed by atoms with Crippen LogP contribution in [-0.2, 0) is 0 Å². The average molecular weight is 349 g/mol. The van der Waals surface area contributed by atoms with Gasteiger partial charge in [-0.25, -0.2) is 0 Å². The number of carbonyl (C=O) groups excluding carboxylic acids is 1. The van der Waals surface area contributed by atoms with Crippen LogP contribution in [0.1, 0.15) is 59.6 Å². The third-order valence-corrected chi connectivity index (χ3v) is 6.65. The summed E-state index contributed by atoms with van der Waals surface area (Å²) in [6.45, 7) is 6.11. The molecule has 3 fully saturated rings. The van der Waals surface area contributed by atoms with Crippen molar-refractivity contribution >= 4 is 16.8 Å². The van der Waals surface area contributed by atoms with E-state index in [4.69, 9.17) is 4.98 Å². The Morgan fingerprint density at radius 3 is 2.69 bits per heavy atom. The van der Waals surface area contributed by atoms with E-state index in [1.54, 1.807) is 0 Å². The van der Waals surface area contributed by atoms with E-state index in [1.165, 1.54) is 24.8 Å². The van der Waals surface area contributed by atoms with Gasteiger partial charge in [-0.05, 0) is 69.2 Å². The third kappa shape index (κ3) is 2.81. The van der Waals surface area contributed by atoms with Crippen molar-refractivity contribution in [3.63, 3.8) is 0 Å². The second-order valence-electron chi connectivity index (χ2n) is 8.61. The number of fused-ring (bicyclic) bond motifs is 1. The van der Waals surface area contributed by atoms with Gasteiger partial charge in [-0.3, -0.25) is 9.78 Å². The molecule has 2 aliphatic heterocycles. The van der Waals surface area contributed by atoms with Crippen LogP contribution in [0.5, 0.6) is 0 Å². The van der Waals surface area contributed by atoms with E-state index in [1.807, 2.05) is 0 Å². The molecular weight excluding hydrogens is 322 g/mol. The van der Waals surface area contributed by atoms with E-state index >= 15 is 0 Å². The van der Waals surface area contributed by atoms with E-state index in [0.29, 0.717) is 11.3 Å². The lowest BCUT2D eigenvalue weighted by Crippen LogP contribution is -2.44. The van der Waals surface area contributed by atoms with Gasteiger partial charge in [0, 0.05) is 36.6 Å². The van der Waals surface area contributed by atoms with E-state index in [9.17, 15) is 4.79 Å². The molecule has 1 amide bonds. The topological polar surface area (TPSA) is 45.2 Å². The van der Waals surface area contributed by atoms with Gasteiger partial charge in [0.05, 0.1) is 11.1 Å². The molecule has 0 radical (unpaired) electrons. The van der Waals surface area contributed by atoms with Crippen LogP contribution in [0.2, 0.25) is 0 Å².